The van der Waals surface area contributed by atoms with E-state index in [0.29, 0.717) is 11.4 Å². The smallest absolute Gasteiger partial charge is 0.331 e. The number of nitrogens with zero attached hydrogens (tertiary/aromatic N) is 1. The highest BCUT2D eigenvalue weighted by molar-refractivity contribution is 6.30. The molecule has 5 nitrogen and oxygen atoms in total. The largest absolute Gasteiger partial charge is 0.464 e. The van der Waals surface area contributed by atoms with Gasteiger partial charge in [-0.15, -0.1) is 0 Å². The number of hydrogen-bond donors (Lipinski definition) is 0. The Morgan fingerprint density at radius 1 is 1.40 bits per heavy atom. The van der Waals surface area contributed by atoms with Crippen molar-refractivity contribution in [2.45, 2.75) is 26.4 Å². The molecule has 1 heterocycles. The van der Waals surface area contributed by atoms with Gasteiger partial charge in [0, 0.05) is 13.2 Å². The van der Waals surface area contributed by atoms with E-state index < -0.39 is 11.6 Å². The van der Waals surface area contributed by atoms with Gasteiger partial charge in [0.2, 0.25) is 0 Å². The van der Waals surface area contributed by atoms with Crippen molar-refractivity contribution < 1.29 is 19.0 Å². The Bertz CT molecular complexity index is 494. The number of carbonyl (C=O) groups excluding carboxylic acids is 1. The quantitative estimate of drug-likeness (QED) is 0.362. The first-order chi connectivity index (χ1) is 9.31. The van der Waals surface area contributed by atoms with Crippen LogP contribution in [-0.4, -0.2) is 30.5 Å². The van der Waals surface area contributed by atoms with Crippen molar-refractivity contribution in [3.63, 3.8) is 0 Å². The molecular formula is C14H18ClNO4. The Hall–Kier alpha value is -1.59. The Morgan fingerprint density at radius 3 is 2.65 bits per heavy atom. The third-order valence-corrected chi connectivity index (χ3v) is 2.24. The van der Waals surface area contributed by atoms with E-state index >= 15 is 0 Å². The number of halogens is 1. The summed E-state index contributed by atoms with van der Waals surface area (Å²) in [6, 6.07) is 3.33. The average molecular weight is 300 g/mol. The average Bonchev–Trinajstić information content (AvgIpc) is 2.33. The summed E-state index contributed by atoms with van der Waals surface area (Å²) in [5.74, 6) is -0.0157. The molecule has 0 aliphatic carbocycles. The van der Waals surface area contributed by atoms with Crippen LogP contribution in [0.15, 0.2) is 18.2 Å². The summed E-state index contributed by atoms with van der Waals surface area (Å²) in [5, 5.41) is 0.202. The number of pyridine rings is 1. The van der Waals surface area contributed by atoms with Gasteiger partial charge in [-0.05, 0) is 39.0 Å². The number of aromatic nitrogens is 1. The predicted molar refractivity (Wildman–Crippen MR) is 76.6 cm³/mol. The number of rotatable bonds is 5. The minimum Gasteiger partial charge on any atom is -0.464 e. The van der Waals surface area contributed by atoms with Gasteiger partial charge < -0.3 is 14.2 Å². The fourth-order valence-corrected chi connectivity index (χ4v) is 1.46. The summed E-state index contributed by atoms with van der Waals surface area (Å²) in [4.78, 5) is 15.6. The fraction of sp³-hybridized carbons (Fsp3) is 0.429. The lowest BCUT2D eigenvalue weighted by atomic mass is 10.2. The van der Waals surface area contributed by atoms with Crippen molar-refractivity contribution >= 4 is 23.6 Å². The predicted octanol–water partition coefficient (Wildman–Crippen LogP) is 3.07. The molecule has 6 heteroatoms. The maximum Gasteiger partial charge on any atom is 0.331 e. The molecule has 0 aromatic carbocycles. The molecular weight excluding hydrogens is 282 g/mol. The minimum absolute atomic E-state index is 0.0918. The number of ether oxygens (including phenoxy) is 3. The van der Waals surface area contributed by atoms with Crippen LogP contribution in [0.3, 0.4) is 0 Å². The summed E-state index contributed by atoms with van der Waals surface area (Å²) in [5.41, 5.74) is 0.00952. The molecule has 0 spiro atoms. The zero-order chi connectivity index (χ0) is 15.2. The highest BCUT2D eigenvalue weighted by Crippen LogP contribution is 2.22. The molecule has 0 bridgehead atoms. The molecule has 0 saturated carbocycles. The maximum atomic E-state index is 11.5. The van der Waals surface area contributed by atoms with E-state index in [0.717, 1.165) is 0 Å². The molecule has 0 saturated heterocycles. The summed E-state index contributed by atoms with van der Waals surface area (Å²) < 4.78 is 15.1. The second-order valence-corrected chi connectivity index (χ2v) is 5.30. The number of esters is 1. The van der Waals surface area contributed by atoms with Crippen molar-refractivity contribution in [2.75, 3.05) is 13.9 Å². The summed E-state index contributed by atoms with van der Waals surface area (Å²) in [6.45, 7) is 5.50. The van der Waals surface area contributed by atoms with Crippen molar-refractivity contribution in [3.05, 3.63) is 29.1 Å². The number of methoxy groups -OCH3 is 1. The van der Waals surface area contributed by atoms with Crippen LogP contribution in [0.1, 0.15) is 26.5 Å². The second-order valence-electron chi connectivity index (χ2n) is 4.94. The van der Waals surface area contributed by atoms with Crippen LogP contribution < -0.4 is 4.74 Å². The molecule has 1 rings (SSSR count). The number of carbonyl (C=O) groups is 1. The van der Waals surface area contributed by atoms with E-state index in [1.165, 1.54) is 19.3 Å². The minimum atomic E-state index is -0.523. The van der Waals surface area contributed by atoms with Crippen LogP contribution in [0, 0.1) is 0 Å². The van der Waals surface area contributed by atoms with Gasteiger partial charge >= 0.3 is 5.97 Å². The van der Waals surface area contributed by atoms with Crippen molar-refractivity contribution in [3.8, 4) is 5.75 Å². The molecule has 0 N–H and O–H groups in total. The molecule has 0 aliphatic rings. The molecule has 0 unspecified atom stereocenters. The molecule has 0 radical (unpaired) electrons. The SMILES string of the molecule is COCOc1ccc(/C=C/C(=O)OC(C)(C)C)nc1Cl. The van der Waals surface area contributed by atoms with Crippen LogP contribution in [0.2, 0.25) is 5.15 Å². The monoisotopic (exact) mass is 299 g/mol. The van der Waals surface area contributed by atoms with Gasteiger partial charge in [-0.2, -0.15) is 0 Å². The highest BCUT2D eigenvalue weighted by atomic mass is 35.5. The van der Waals surface area contributed by atoms with Gasteiger partial charge in [-0.1, -0.05) is 11.6 Å². The lowest BCUT2D eigenvalue weighted by Crippen LogP contribution is -2.22. The first-order valence-electron chi connectivity index (χ1n) is 6.01. The number of hydrogen-bond acceptors (Lipinski definition) is 5. The molecule has 20 heavy (non-hydrogen) atoms. The third-order valence-electron chi connectivity index (χ3n) is 1.97. The Balaban J connectivity index is 2.69. The van der Waals surface area contributed by atoms with Crippen LogP contribution in [0.5, 0.6) is 5.75 Å². The standard InChI is InChI=1S/C14H18ClNO4/c1-14(2,3)20-12(17)8-6-10-5-7-11(13(15)16-10)19-9-18-4/h5-8H,9H2,1-4H3/b8-6+. The summed E-state index contributed by atoms with van der Waals surface area (Å²) >= 11 is 5.95. The van der Waals surface area contributed by atoms with Gasteiger partial charge in [0.05, 0.1) is 5.69 Å². The van der Waals surface area contributed by atoms with Gasteiger partial charge in [0.15, 0.2) is 17.7 Å². The van der Waals surface area contributed by atoms with Gasteiger partial charge in [0.1, 0.15) is 5.60 Å². The summed E-state index contributed by atoms with van der Waals surface area (Å²) in [7, 11) is 1.51. The second kappa shape index (κ2) is 7.26. The van der Waals surface area contributed by atoms with E-state index in [-0.39, 0.29) is 11.9 Å². The molecule has 0 aliphatic heterocycles. The lowest BCUT2D eigenvalue weighted by Gasteiger charge is -2.17. The Labute approximate surface area is 123 Å². The molecule has 1 aromatic heterocycles. The fourth-order valence-electron chi connectivity index (χ4n) is 1.25. The van der Waals surface area contributed by atoms with E-state index in [1.807, 2.05) is 0 Å². The summed E-state index contributed by atoms with van der Waals surface area (Å²) in [6.07, 6.45) is 2.83. The van der Waals surface area contributed by atoms with Crippen LogP contribution in [0.4, 0.5) is 0 Å². The van der Waals surface area contributed by atoms with Gasteiger partial charge in [-0.25, -0.2) is 9.78 Å². The van der Waals surface area contributed by atoms with Crippen molar-refractivity contribution in [1.29, 1.82) is 0 Å². The Kier molecular flexibility index (Phi) is 5.98. The zero-order valence-corrected chi connectivity index (χ0v) is 12.7. The third kappa shape index (κ3) is 6.04. The molecule has 0 fully saturated rings. The topological polar surface area (TPSA) is 57.7 Å². The van der Waals surface area contributed by atoms with E-state index in [1.54, 1.807) is 32.9 Å². The van der Waals surface area contributed by atoms with Crippen molar-refractivity contribution in [1.82, 2.24) is 4.98 Å². The lowest BCUT2D eigenvalue weighted by molar-refractivity contribution is -0.148. The van der Waals surface area contributed by atoms with E-state index in [9.17, 15) is 4.79 Å². The van der Waals surface area contributed by atoms with Gasteiger partial charge in [0.25, 0.3) is 0 Å². The van der Waals surface area contributed by atoms with E-state index in [4.69, 9.17) is 25.8 Å². The maximum absolute atomic E-state index is 11.5. The molecule has 1 aromatic rings. The highest BCUT2D eigenvalue weighted by Gasteiger charge is 2.14. The van der Waals surface area contributed by atoms with E-state index in [2.05, 4.69) is 4.98 Å². The first kappa shape index (κ1) is 16.5. The van der Waals surface area contributed by atoms with Gasteiger partial charge in [-0.3, -0.25) is 0 Å². The molecule has 0 atom stereocenters. The zero-order valence-electron chi connectivity index (χ0n) is 12.0. The normalized spacial score (nSPS) is 11.7. The van der Waals surface area contributed by atoms with Crippen LogP contribution in [-0.2, 0) is 14.3 Å². The molecule has 0 amide bonds. The molecule has 110 valence electrons. The first-order valence-corrected chi connectivity index (χ1v) is 6.39. The van der Waals surface area contributed by atoms with Crippen LogP contribution >= 0.6 is 11.6 Å². The van der Waals surface area contributed by atoms with Crippen molar-refractivity contribution in [2.24, 2.45) is 0 Å². The Morgan fingerprint density at radius 2 is 2.10 bits per heavy atom. The van der Waals surface area contributed by atoms with Crippen LogP contribution in [0.25, 0.3) is 6.08 Å².